The van der Waals surface area contributed by atoms with Gasteiger partial charge in [0.15, 0.2) is 0 Å². The van der Waals surface area contributed by atoms with Crippen LogP contribution in [0.2, 0.25) is 0 Å². The minimum Gasteiger partial charge on any atom is -0.382 e. The van der Waals surface area contributed by atoms with Crippen molar-refractivity contribution < 1.29 is 19.7 Å². The topological polar surface area (TPSA) is 55.8 Å². The smallest absolute Gasteiger partial charge is 0.339 e. The highest BCUT2D eigenvalue weighted by molar-refractivity contribution is 5.64. The Morgan fingerprint density at radius 3 is 1.70 bits per heavy atom. The molecule has 10 heavy (non-hydrogen) atoms. The fourth-order valence-electron chi connectivity index (χ4n) is 0.204. The largest absolute Gasteiger partial charge is 0.382 e. The van der Waals surface area contributed by atoms with Gasteiger partial charge in [0.1, 0.15) is 0 Å². The van der Waals surface area contributed by atoms with Crippen molar-refractivity contribution in [2.75, 3.05) is 13.2 Å². The van der Waals surface area contributed by atoms with Crippen molar-refractivity contribution in [1.82, 2.24) is 0 Å². The summed E-state index contributed by atoms with van der Waals surface area (Å²) in [5.74, 6) is -0.690. The second-order valence-electron chi connectivity index (χ2n) is 1.36. The quantitative estimate of drug-likeness (QED) is 0.472. The summed E-state index contributed by atoms with van der Waals surface area (Å²) >= 11 is 0. The third-order valence-corrected chi connectivity index (χ3v) is 0.537. The highest BCUT2D eigenvalue weighted by Gasteiger charge is 1.79. The van der Waals surface area contributed by atoms with Crippen LogP contribution in [-0.4, -0.2) is 24.4 Å². The van der Waals surface area contributed by atoms with E-state index in [1.165, 1.54) is 0 Å². The summed E-state index contributed by atoms with van der Waals surface area (Å²) in [5, 5.41) is 7.29. The van der Waals surface area contributed by atoms with Crippen LogP contribution in [0.4, 0.5) is 0 Å². The molecule has 0 unspecified atom stereocenters. The molecule has 0 fully saturated rings. The first-order valence-electron chi connectivity index (χ1n) is 3.08. The summed E-state index contributed by atoms with van der Waals surface area (Å²) in [7, 11) is 0. The summed E-state index contributed by atoms with van der Waals surface area (Å²) < 4.78 is 4.83. The number of carbonyl (C=O) groups excluding carboxylic acids is 1. The van der Waals surface area contributed by atoms with E-state index in [9.17, 15) is 4.79 Å². The third-order valence-electron chi connectivity index (χ3n) is 0.537. The Balaban J connectivity index is 0. The van der Waals surface area contributed by atoms with Gasteiger partial charge < -0.3 is 9.62 Å². The predicted molar refractivity (Wildman–Crippen MR) is 36.6 cm³/mol. The first kappa shape index (κ1) is 12.1. The molecule has 4 heteroatoms. The number of rotatable bonds is 2. The molecule has 0 aromatic heterocycles. The molecule has 0 saturated heterocycles. The van der Waals surface area contributed by atoms with Gasteiger partial charge in [-0.3, -0.25) is 0 Å². The summed E-state index contributed by atoms with van der Waals surface area (Å²) in [5.41, 5.74) is 0. The Labute approximate surface area is 60.7 Å². The van der Waals surface area contributed by atoms with Gasteiger partial charge in [-0.2, -0.15) is 5.26 Å². The number of hydrogen-bond donors (Lipinski definition) is 1. The van der Waals surface area contributed by atoms with E-state index in [4.69, 9.17) is 9.99 Å². The van der Waals surface area contributed by atoms with Crippen molar-refractivity contribution >= 4 is 5.97 Å². The molecule has 0 aliphatic heterocycles. The molecule has 0 radical (unpaired) electrons. The molecule has 4 nitrogen and oxygen atoms in total. The van der Waals surface area contributed by atoms with Gasteiger partial charge >= 0.3 is 5.97 Å². The maximum atomic E-state index is 9.34. The normalized spacial score (nSPS) is 7.60. The van der Waals surface area contributed by atoms with E-state index in [1.54, 1.807) is 0 Å². The lowest BCUT2D eigenvalue weighted by Crippen LogP contribution is -1.89. The molecule has 0 atom stereocenters. The maximum absolute atomic E-state index is 9.34. The van der Waals surface area contributed by atoms with E-state index in [2.05, 4.69) is 4.89 Å². The van der Waals surface area contributed by atoms with Crippen LogP contribution < -0.4 is 0 Å². The van der Waals surface area contributed by atoms with Crippen molar-refractivity contribution in [1.29, 1.82) is 0 Å². The van der Waals surface area contributed by atoms with Crippen LogP contribution in [0.25, 0.3) is 0 Å². The summed E-state index contributed by atoms with van der Waals surface area (Å²) in [4.78, 5) is 12.5. The van der Waals surface area contributed by atoms with Crippen LogP contribution in [0.1, 0.15) is 20.8 Å². The van der Waals surface area contributed by atoms with Crippen molar-refractivity contribution in [3.8, 4) is 0 Å². The molecule has 1 N–H and O–H groups in total. The number of carbonyl (C=O) groups is 1. The van der Waals surface area contributed by atoms with Gasteiger partial charge in [-0.15, -0.1) is 0 Å². The van der Waals surface area contributed by atoms with E-state index < -0.39 is 5.97 Å². The zero-order valence-electron chi connectivity index (χ0n) is 6.59. The number of ether oxygens (including phenoxy) is 1. The van der Waals surface area contributed by atoms with Crippen molar-refractivity contribution in [3.05, 3.63) is 0 Å². The van der Waals surface area contributed by atoms with E-state index in [-0.39, 0.29) is 0 Å². The minimum atomic E-state index is -0.690. The lowest BCUT2D eigenvalue weighted by molar-refractivity contribution is -0.231. The average Bonchev–Trinajstić information content (AvgIpc) is 1.91. The molecule has 0 aromatic rings. The van der Waals surface area contributed by atoms with Gasteiger partial charge in [0, 0.05) is 20.1 Å². The molecule has 0 spiro atoms. The zero-order valence-corrected chi connectivity index (χ0v) is 6.59. The van der Waals surface area contributed by atoms with Crippen LogP contribution >= 0.6 is 0 Å². The van der Waals surface area contributed by atoms with Crippen molar-refractivity contribution in [2.24, 2.45) is 0 Å². The number of hydrogen-bond acceptors (Lipinski definition) is 4. The molecule has 0 bridgehead atoms. The molecular formula is C6H14O4. The Morgan fingerprint density at radius 1 is 1.40 bits per heavy atom. The fraction of sp³-hybridized carbons (Fsp3) is 0.833. The van der Waals surface area contributed by atoms with Crippen LogP contribution in [0.5, 0.6) is 0 Å². The van der Waals surface area contributed by atoms with Crippen LogP contribution in [0.3, 0.4) is 0 Å². The SMILES string of the molecule is CC(=O)OO.CCOCC. The van der Waals surface area contributed by atoms with Gasteiger partial charge in [0.05, 0.1) is 0 Å². The van der Waals surface area contributed by atoms with E-state index >= 15 is 0 Å². The summed E-state index contributed by atoms with van der Waals surface area (Å²) in [6.07, 6.45) is 0. The molecule has 62 valence electrons. The average molecular weight is 150 g/mol. The molecule has 0 saturated carbocycles. The first-order valence-corrected chi connectivity index (χ1v) is 3.08. The van der Waals surface area contributed by atoms with E-state index in [1.807, 2.05) is 13.8 Å². The monoisotopic (exact) mass is 150 g/mol. The third kappa shape index (κ3) is 26.3. The lowest BCUT2D eigenvalue weighted by atomic mass is 10.8. The molecule has 0 amide bonds. The Morgan fingerprint density at radius 2 is 1.70 bits per heavy atom. The van der Waals surface area contributed by atoms with Gasteiger partial charge in [0.25, 0.3) is 0 Å². The zero-order chi connectivity index (χ0) is 8.41. The maximum Gasteiger partial charge on any atom is 0.339 e. The van der Waals surface area contributed by atoms with Crippen molar-refractivity contribution in [2.45, 2.75) is 20.8 Å². The standard InChI is InChI=1S/C4H10O.C2H4O3/c1-3-5-4-2;1-2(3)5-4/h3-4H2,1-2H3;4H,1H3. The lowest BCUT2D eigenvalue weighted by Gasteiger charge is -1.86. The molecule has 0 aromatic carbocycles. The highest BCUT2D eigenvalue weighted by Crippen LogP contribution is 1.64. The summed E-state index contributed by atoms with van der Waals surface area (Å²) in [6, 6.07) is 0. The van der Waals surface area contributed by atoms with E-state index in [0.717, 1.165) is 20.1 Å². The minimum absolute atomic E-state index is 0.690. The fourth-order valence-corrected chi connectivity index (χ4v) is 0.204. The molecule has 0 aliphatic rings. The summed E-state index contributed by atoms with van der Waals surface area (Å²) in [6.45, 7) is 6.78. The van der Waals surface area contributed by atoms with Gasteiger partial charge in [0.2, 0.25) is 0 Å². The first-order chi connectivity index (χ1) is 4.68. The predicted octanol–water partition coefficient (Wildman–Crippen LogP) is 1.07. The van der Waals surface area contributed by atoms with Gasteiger partial charge in [-0.25, -0.2) is 4.79 Å². The van der Waals surface area contributed by atoms with E-state index in [0.29, 0.717) is 0 Å². The Hall–Kier alpha value is -0.610. The van der Waals surface area contributed by atoms with Crippen LogP contribution in [-0.2, 0) is 14.4 Å². The molecule has 0 rings (SSSR count). The van der Waals surface area contributed by atoms with Crippen LogP contribution in [0, 0.1) is 0 Å². The Bertz CT molecular complexity index is 70.1. The van der Waals surface area contributed by atoms with Crippen LogP contribution in [0.15, 0.2) is 0 Å². The highest BCUT2D eigenvalue weighted by atomic mass is 17.1. The Kier molecular flexibility index (Phi) is 13.6. The molecule has 0 heterocycles. The molecule has 0 aliphatic carbocycles. The van der Waals surface area contributed by atoms with Gasteiger partial charge in [-0.1, -0.05) is 0 Å². The second kappa shape index (κ2) is 11.2. The second-order valence-corrected chi connectivity index (χ2v) is 1.36. The van der Waals surface area contributed by atoms with Crippen molar-refractivity contribution in [3.63, 3.8) is 0 Å². The van der Waals surface area contributed by atoms with Gasteiger partial charge in [-0.05, 0) is 13.8 Å². The molecular weight excluding hydrogens is 136 g/mol.